The maximum Gasteiger partial charge on any atom is 0.319 e. The molecule has 3 N–H and O–H groups in total. The highest BCUT2D eigenvalue weighted by Crippen LogP contribution is 2.17. The minimum Gasteiger partial charge on any atom is -0.489 e. The zero-order valence-electron chi connectivity index (χ0n) is 13.0. The fourth-order valence-electron chi connectivity index (χ4n) is 1.91. The molecule has 6 nitrogen and oxygen atoms in total. The lowest BCUT2D eigenvalue weighted by atomic mass is 10.2. The number of nitrogens with zero attached hydrogens (tertiary/aromatic N) is 1. The average Bonchev–Trinajstić information content (AvgIpc) is 2.60. The van der Waals surface area contributed by atoms with Crippen molar-refractivity contribution in [1.82, 2.24) is 10.3 Å². The van der Waals surface area contributed by atoms with E-state index < -0.39 is 0 Å². The Balaban J connectivity index is 1.83. The summed E-state index contributed by atoms with van der Waals surface area (Å²) in [7, 11) is 0. The molecule has 0 fully saturated rings. The Labute approximate surface area is 135 Å². The minimum absolute atomic E-state index is 0.0777. The van der Waals surface area contributed by atoms with E-state index in [-0.39, 0.29) is 18.7 Å². The molecule has 0 aliphatic carbocycles. The molecular weight excluding hydrogens is 294 g/mol. The summed E-state index contributed by atoms with van der Waals surface area (Å²) in [6, 6.07) is 10.3. The predicted molar refractivity (Wildman–Crippen MR) is 88.3 cm³/mol. The van der Waals surface area contributed by atoms with Gasteiger partial charge in [0.25, 0.3) is 0 Å². The van der Waals surface area contributed by atoms with E-state index in [2.05, 4.69) is 15.6 Å². The largest absolute Gasteiger partial charge is 0.489 e. The van der Waals surface area contributed by atoms with Crippen LogP contribution in [0, 0.1) is 0 Å². The number of aromatic nitrogens is 1. The SMILES string of the molecule is CC[C@H](CO)NC(=O)Nc1ccc(OCc2ccncc2)cc1. The van der Waals surface area contributed by atoms with Gasteiger partial charge in [0, 0.05) is 18.1 Å². The van der Waals surface area contributed by atoms with Crippen LogP contribution in [0.4, 0.5) is 10.5 Å². The van der Waals surface area contributed by atoms with Crippen LogP contribution in [-0.2, 0) is 6.61 Å². The summed E-state index contributed by atoms with van der Waals surface area (Å²) in [5.74, 6) is 0.717. The Hall–Kier alpha value is -2.60. The van der Waals surface area contributed by atoms with Crippen LogP contribution in [0.2, 0.25) is 0 Å². The van der Waals surface area contributed by atoms with Gasteiger partial charge in [-0.1, -0.05) is 6.92 Å². The van der Waals surface area contributed by atoms with E-state index in [9.17, 15) is 4.79 Å². The summed E-state index contributed by atoms with van der Waals surface area (Å²) in [6.45, 7) is 2.28. The van der Waals surface area contributed by atoms with Crippen LogP contribution in [0.3, 0.4) is 0 Å². The van der Waals surface area contributed by atoms with Crippen LogP contribution in [0.1, 0.15) is 18.9 Å². The van der Waals surface area contributed by atoms with Gasteiger partial charge in [0.05, 0.1) is 12.6 Å². The first-order chi connectivity index (χ1) is 11.2. The maximum atomic E-state index is 11.8. The second kappa shape index (κ2) is 8.75. The van der Waals surface area contributed by atoms with Gasteiger partial charge < -0.3 is 20.5 Å². The molecule has 2 amide bonds. The summed E-state index contributed by atoms with van der Waals surface area (Å²) < 4.78 is 5.66. The van der Waals surface area contributed by atoms with Crippen LogP contribution < -0.4 is 15.4 Å². The molecule has 0 aliphatic rings. The molecule has 1 atom stereocenters. The topological polar surface area (TPSA) is 83.5 Å². The van der Waals surface area contributed by atoms with Crippen molar-refractivity contribution in [2.24, 2.45) is 0 Å². The number of carbonyl (C=O) groups excluding carboxylic acids is 1. The van der Waals surface area contributed by atoms with Gasteiger partial charge in [0.2, 0.25) is 0 Å². The molecule has 2 aromatic rings. The molecule has 1 heterocycles. The number of benzene rings is 1. The number of aliphatic hydroxyl groups is 1. The number of carbonyl (C=O) groups is 1. The van der Waals surface area contributed by atoms with Crippen LogP contribution in [-0.4, -0.2) is 28.8 Å². The van der Waals surface area contributed by atoms with E-state index in [1.807, 2.05) is 19.1 Å². The molecule has 0 bridgehead atoms. The molecular formula is C17H21N3O3. The van der Waals surface area contributed by atoms with Crippen LogP contribution in [0.25, 0.3) is 0 Å². The summed E-state index contributed by atoms with van der Waals surface area (Å²) in [4.78, 5) is 15.7. The lowest BCUT2D eigenvalue weighted by Gasteiger charge is -2.15. The molecule has 6 heteroatoms. The zero-order chi connectivity index (χ0) is 16.5. The summed E-state index contributed by atoms with van der Waals surface area (Å²) in [5.41, 5.74) is 1.70. The first-order valence-corrected chi connectivity index (χ1v) is 7.51. The molecule has 0 radical (unpaired) electrons. The monoisotopic (exact) mass is 315 g/mol. The highest BCUT2D eigenvalue weighted by Gasteiger charge is 2.08. The van der Waals surface area contributed by atoms with E-state index in [0.717, 1.165) is 11.3 Å². The number of rotatable bonds is 7. The second-order valence-corrected chi connectivity index (χ2v) is 5.05. The van der Waals surface area contributed by atoms with Gasteiger partial charge in [0.1, 0.15) is 12.4 Å². The van der Waals surface area contributed by atoms with E-state index in [1.54, 1.807) is 36.7 Å². The van der Waals surface area contributed by atoms with Gasteiger partial charge >= 0.3 is 6.03 Å². The zero-order valence-corrected chi connectivity index (χ0v) is 13.0. The molecule has 122 valence electrons. The number of pyridine rings is 1. The summed E-state index contributed by atoms with van der Waals surface area (Å²) in [5, 5.41) is 14.5. The first kappa shape index (κ1) is 16.8. The highest BCUT2D eigenvalue weighted by molar-refractivity contribution is 5.89. The average molecular weight is 315 g/mol. The van der Waals surface area contributed by atoms with E-state index in [0.29, 0.717) is 18.7 Å². The number of aliphatic hydroxyl groups excluding tert-OH is 1. The highest BCUT2D eigenvalue weighted by atomic mass is 16.5. The fraction of sp³-hybridized carbons (Fsp3) is 0.294. The van der Waals surface area contributed by atoms with E-state index in [4.69, 9.17) is 9.84 Å². The van der Waals surface area contributed by atoms with Gasteiger partial charge in [-0.15, -0.1) is 0 Å². The van der Waals surface area contributed by atoms with Crippen LogP contribution >= 0.6 is 0 Å². The number of ether oxygens (including phenoxy) is 1. The fourth-order valence-corrected chi connectivity index (χ4v) is 1.91. The molecule has 0 spiro atoms. The van der Waals surface area contributed by atoms with Crippen molar-refractivity contribution < 1.29 is 14.6 Å². The smallest absolute Gasteiger partial charge is 0.319 e. The number of amides is 2. The van der Waals surface area contributed by atoms with Gasteiger partial charge in [-0.05, 0) is 48.4 Å². The third-order valence-electron chi connectivity index (χ3n) is 3.32. The number of urea groups is 1. The molecule has 1 aromatic carbocycles. The van der Waals surface area contributed by atoms with Gasteiger partial charge in [-0.3, -0.25) is 4.98 Å². The number of nitrogens with one attached hydrogen (secondary N) is 2. The number of hydrogen-bond acceptors (Lipinski definition) is 4. The Morgan fingerprint density at radius 1 is 1.22 bits per heavy atom. The van der Waals surface area contributed by atoms with Gasteiger partial charge in [-0.2, -0.15) is 0 Å². The van der Waals surface area contributed by atoms with Crippen molar-refractivity contribution in [2.75, 3.05) is 11.9 Å². The molecule has 0 unspecified atom stereocenters. The van der Waals surface area contributed by atoms with Gasteiger partial charge in [-0.25, -0.2) is 4.79 Å². The Morgan fingerprint density at radius 2 is 1.91 bits per heavy atom. The van der Waals surface area contributed by atoms with E-state index in [1.165, 1.54) is 0 Å². The standard InChI is InChI=1S/C17H21N3O3/c1-2-14(11-21)19-17(22)20-15-3-5-16(6-4-15)23-12-13-7-9-18-10-8-13/h3-10,14,21H,2,11-12H2,1H3,(H2,19,20,22)/t14-/m1/s1. The second-order valence-electron chi connectivity index (χ2n) is 5.05. The van der Waals surface area contributed by atoms with Gasteiger partial charge in [0.15, 0.2) is 0 Å². The normalized spacial score (nSPS) is 11.6. The van der Waals surface area contributed by atoms with Crippen molar-refractivity contribution in [3.8, 4) is 5.75 Å². The van der Waals surface area contributed by atoms with Crippen LogP contribution in [0.15, 0.2) is 48.8 Å². The third kappa shape index (κ3) is 5.60. The molecule has 23 heavy (non-hydrogen) atoms. The molecule has 0 saturated heterocycles. The Morgan fingerprint density at radius 3 is 2.52 bits per heavy atom. The lowest BCUT2D eigenvalue weighted by molar-refractivity contribution is 0.222. The quantitative estimate of drug-likeness (QED) is 0.733. The number of anilines is 1. The van der Waals surface area contributed by atoms with Crippen molar-refractivity contribution in [3.63, 3.8) is 0 Å². The predicted octanol–water partition coefficient (Wildman–Crippen LogP) is 2.55. The molecule has 0 aliphatic heterocycles. The van der Waals surface area contributed by atoms with Crippen molar-refractivity contribution >= 4 is 11.7 Å². The summed E-state index contributed by atoms with van der Waals surface area (Å²) in [6.07, 6.45) is 4.12. The third-order valence-corrected chi connectivity index (χ3v) is 3.32. The summed E-state index contributed by atoms with van der Waals surface area (Å²) >= 11 is 0. The van der Waals surface area contributed by atoms with Crippen molar-refractivity contribution in [1.29, 1.82) is 0 Å². The van der Waals surface area contributed by atoms with Crippen LogP contribution in [0.5, 0.6) is 5.75 Å². The molecule has 1 aromatic heterocycles. The van der Waals surface area contributed by atoms with Crippen molar-refractivity contribution in [3.05, 3.63) is 54.4 Å². The number of hydrogen-bond donors (Lipinski definition) is 3. The Kier molecular flexibility index (Phi) is 6.38. The lowest BCUT2D eigenvalue weighted by Crippen LogP contribution is -2.39. The Bertz CT molecular complexity index is 598. The maximum absolute atomic E-state index is 11.8. The molecule has 2 rings (SSSR count). The first-order valence-electron chi connectivity index (χ1n) is 7.51. The van der Waals surface area contributed by atoms with E-state index >= 15 is 0 Å². The molecule has 0 saturated carbocycles. The van der Waals surface area contributed by atoms with Crippen molar-refractivity contribution in [2.45, 2.75) is 26.0 Å². The minimum atomic E-state index is -0.337.